The average molecular weight is 332 g/mol. The highest BCUT2D eigenvalue weighted by Crippen LogP contribution is 2.61. The van der Waals surface area contributed by atoms with Crippen LogP contribution in [0.5, 0.6) is 0 Å². The minimum atomic E-state index is -0.656. The van der Waals surface area contributed by atoms with Crippen LogP contribution >= 0.6 is 0 Å². The highest BCUT2D eigenvalue weighted by molar-refractivity contribution is 5.81. The van der Waals surface area contributed by atoms with Gasteiger partial charge in [-0.05, 0) is 26.8 Å². The Morgan fingerprint density at radius 1 is 1.25 bits per heavy atom. The average Bonchev–Trinajstić information content (AvgIpc) is 2.78. The van der Waals surface area contributed by atoms with Crippen molar-refractivity contribution >= 4 is 17.0 Å². The molecule has 9 nitrogen and oxygen atoms in total. The van der Waals surface area contributed by atoms with Gasteiger partial charge in [0, 0.05) is 5.92 Å². The molecule has 1 spiro atoms. The molecule has 1 saturated carbocycles. The van der Waals surface area contributed by atoms with Crippen molar-refractivity contribution < 1.29 is 14.2 Å². The second-order valence-corrected chi connectivity index (χ2v) is 7.20. The first kappa shape index (κ1) is 14.5. The van der Waals surface area contributed by atoms with E-state index in [4.69, 9.17) is 25.7 Å². The van der Waals surface area contributed by atoms with E-state index >= 15 is 0 Å². The van der Waals surface area contributed by atoms with Crippen molar-refractivity contribution in [3.8, 4) is 0 Å². The zero-order chi connectivity index (χ0) is 16.7. The first-order valence-corrected chi connectivity index (χ1v) is 8.12. The lowest BCUT2D eigenvalue weighted by Gasteiger charge is -2.25. The fourth-order valence-electron chi connectivity index (χ4n) is 4.11. The molecule has 128 valence electrons. The first-order valence-electron chi connectivity index (χ1n) is 8.12. The lowest BCUT2D eigenvalue weighted by atomic mass is 10.1. The van der Waals surface area contributed by atoms with E-state index in [2.05, 4.69) is 15.0 Å². The lowest BCUT2D eigenvalue weighted by Crippen LogP contribution is -2.34. The molecule has 3 aliphatic rings. The van der Waals surface area contributed by atoms with E-state index in [9.17, 15) is 0 Å². The van der Waals surface area contributed by atoms with Crippen LogP contribution in [0, 0.1) is 5.92 Å². The molecule has 2 unspecified atom stereocenters. The molecule has 0 amide bonds. The maximum absolute atomic E-state index is 6.41. The van der Waals surface area contributed by atoms with Crippen LogP contribution in [-0.4, -0.2) is 49.7 Å². The number of nitrogens with two attached hydrogens (primary N) is 2. The molecule has 2 aromatic rings. The molecule has 24 heavy (non-hydrogen) atoms. The second-order valence-electron chi connectivity index (χ2n) is 7.20. The Morgan fingerprint density at radius 2 is 2.08 bits per heavy atom. The predicted molar refractivity (Wildman–Crippen MR) is 83.6 cm³/mol. The number of hydrogen-bond acceptors (Lipinski definition) is 8. The summed E-state index contributed by atoms with van der Waals surface area (Å²) in [6, 6.07) is 0. The number of ether oxygens (including phenoxy) is 3. The van der Waals surface area contributed by atoms with Gasteiger partial charge in [0.05, 0.1) is 6.33 Å². The highest BCUT2D eigenvalue weighted by Gasteiger charge is 2.73. The Labute approximate surface area is 138 Å². The third kappa shape index (κ3) is 1.75. The summed E-state index contributed by atoms with van der Waals surface area (Å²) >= 11 is 0. The van der Waals surface area contributed by atoms with E-state index in [1.807, 2.05) is 18.4 Å². The molecule has 3 fully saturated rings. The molecule has 0 radical (unpaired) electrons. The molecular formula is C15H20N6O3. The van der Waals surface area contributed by atoms with Gasteiger partial charge < -0.3 is 25.7 Å². The van der Waals surface area contributed by atoms with Gasteiger partial charge in [-0.3, -0.25) is 4.57 Å². The zero-order valence-corrected chi connectivity index (χ0v) is 13.5. The number of nitrogen functional groups attached to an aromatic ring is 1. The number of hydrogen-bond donors (Lipinski definition) is 2. The van der Waals surface area contributed by atoms with E-state index in [0.29, 0.717) is 23.5 Å². The van der Waals surface area contributed by atoms with Crippen molar-refractivity contribution in [2.45, 2.75) is 50.1 Å². The molecular weight excluding hydrogens is 312 g/mol. The molecule has 9 heteroatoms. The van der Waals surface area contributed by atoms with Gasteiger partial charge in [0.15, 0.2) is 23.5 Å². The minimum Gasteiger partial charge on any atom is -0.382 e. The van der Waals surface area contributed by atoms with Crippen LogP contribution in [0.2, 0.25) is 0 Å². The molecule has 5 rings (SSSR count). The Balaban J connectivity index is 1.59. The predicted octanol–water partition coefficient (Wildman–Crippen LogP) is 0.175. The molecule has 4 N–H and O–H groups in total. The van der Waals surface area contributed by atoms with Crippen molar-refractivity contribution in [3.63, 3.8) is 0 Å². The Morgan fingerprint density at radius 3 is 2.83 bits per heavy atom. The minimum absolute atomic E-state index is 0.150. The van der Waals surface area contributed by atoms with Gasteiger partial charge in [-0.25, -0.2) is 15.0 Å². The number of anilines is 1. The van der Waals surface area contributed by atoms with Crippen LogP contribution in [0.1, 0.15) is 26.5 Å². The van der Waals surface area contributed by atoms with Crippen molar-refractivity contribution in [1.82, 2.24) is 19.5 Å². The standard InChI is InChI=1S/C15H20N6O3/c1-14(2)22-9-10(23-14)15(3-7(15)4-16)24-13(9)21-6-20-8-11(17)18-5-19-12(8)21/h5-7,9-10,13H,3-4,16H2,1-2H3,(H2,17,18,19)/t7-,9-,10?,13?,15+/m0/s1. The summed E-state index contributed by atoms with van der Waals surface area (Å²) in [7, 11) is 0. The molecule has 4 heterocycles. The van der Waals surface area contributed by atoms with Crippen LogP contribution in [0.4, 0.5) is 5.82 Å². The Hall–Kier alpha value is -1.81. The molecule has 2 saturated heterocycles. The van der Waals surface area contributed by atoms with Gasteiger partial charge in [0.2, 0.25) is 0 Å². The molecule has 2 aliphatic heterocycles. The van der Waals surface area contributed by atoms with Gasteiger partial charge in [-0.1, -0.05) is 0 Å². The van der Waals surface area contributed by atoms with E-state index < -0.39 is 5.79 Å². The van der Waals surface area contributed by atoms with Crippen molar-refractivity contribution in [2.75, 3.05) is 12.3 Å². The van der Waals surface area contributed by atoms with E-state index in [0.717, 1.165) is 6.42 Å². The SMILES string of the molecule is CC1(C)OC2[C@H](O1)C(n1cnc3c(N)ncnc31)O[C@@]21C[C@H]1CN. The fourth-order valence-corrected chi connectivity index (χ4v) is 4.11. The summed E-state index contributed by atoms with van der Waals surface area (Å²) in [4.78, 5) is 12.6. The van der Waals surface area contributed by atoms with Gasteiger partial charge in [0.1, 0.15) is 29.7 Å². The zero-order valence-electron chi connectivity index (χ0n) is 13.5. The second kappa shape index (κ2) is 4.42. The van der Waals surface area contributed by atoms with E-state index in [1.54, 1.807) is 6.33 Å². The normalized spacial score (nSPS) is 39.6. The van der Waals surface area contributed by atoms with Crippen molar-refractivity contribution in [2.24, 2.45) is 11.7 Å². The number of nitrogens with zero attached hydrogens (tertiary/aromatic N) is 4. The molecule has 5 atom stereocenters. The summed E-state index contributed by atoms with van der Waals surface area (Å²) in [6.45, 7) is 4.41. The molecule has 0 bridgehead atoms. The van der Waals surface area contributed by atoms with Crippen molar-refractivity contribution in [1.29, 1.82) is 0 Å². The number of imidazole rings is 1. The van der Waals surface area contributed by atoms with Crippen LogP contribution in [0.25, 0.3) is 11.2 Å². The summed E-state index contributed by atoms with van der Waals surface area (Å²) in [5.74, 6) is -0.0311. The highest BCUT2D eigenvalue weighted by atomic mass is 16.8. The number of fused-ring (bicyclic) bond motifs is 3. The third-order valence-electron chi connectivity index (χ3n) is 5.27. The smallest absolute Gasteiger partial charge is 0.167 e. The molecule has 1 aliphatic carbocycles. The van der Waals surface area contributed by atoms with Gasteiger partial charge in [-0.2, -0.15) is 0 Å². The first-order chi connectivity index (χ1) is 11.5. The van der Waals surface area contributed by atoms with Crippen LogP contribution in [0.3, 0.4) is 0 Å². The van der Waals surface area contributed by atoms with Crippen LogP contribution in [0.15, 0.2) is 12.7 Å². The molecule has 2 aromatic heterocycles. The van der Waals surface area contributed by atoms with Crippen LogP contribution < -0.4 is 11.5 Å². The topological polar surface area (TPSA) is 123 Å². The van der Waals surface area contributed by atoms with Gasteiger partial charge in [-0.15, -0.1) is 0 Å². The summed E-state index contributed by atoms with van der Waals surface area (Å²) in [5, 5.41) is 0. The summed E-state index contributed by atoms with van der Waals surface area (Å²) < 4.78 is 20.6. The number of rotatable bonds is 2. The summed E-state index contributed by atoms with van der Waals surface area (Å²) in [5.41, 5.74) is 12.6. The van der Waals surface area contributed by atoms with Gasteiger partial charge in [0.25, 0.3) is 0 Å². The monoisotopic (exact) mass is 332 g/mol. The van der Waals surface area contributed by atoms with Crippen molar-refractivity contribution in [3.05, 3.63) is 12.7 Å². The Bertz CT molecular complexity index is 823. The van der Waals surface area contributed by atoms with E-state index in [1.165, 1.54) is 6.33 Å². The number of aromatic nitrogens is 4. The maximum atomic E-state index is 6.41. The van der Waals surface area contributed by atoms with E-state index in [-0.39, 0.29) is 30.0 Å². The van der Waals surface area contributed by atoms with Crippen LogP contribution in [-0.2, 0) is 14.2 Å². The third-order valence-corrected chi connectivity index (χ3v) is 5.27. The van der Waals surface area contributed by atoms with Gasteiger partial charge >= 0.3 is 0 Å². The quantitative estimate of drug-likeness (QED) is 0.798. The largest absolute Gasteiger partial charge is 0.382 e. The maximum Gasteiger partial charge on any atom is 0.167 e. The molecule has 0 aromatic carbocycles. The Kier molecular flexibility index (Phi) is 2.68. The lowest BCUT2D eigenvalue weighted by molar-refractivity contribution is -0.203. The fraction of sp³-hybridized carbons (Fsp3) is 0.667. The summed E-state index contributed by atoms with van der Waals surface area (Å²) in [6.07, 6.45) is 3.20.